The molecule has 0 fully saturated rings. The zero-order chi connectivity index (χ0) is 21.4. The maximum atomic E-state index is 13.6. The first kappa shape index (κ1) is 21.7. The molecule has 29 heavy (non-hydrogen) atoms. The van der Waals surface area contributed by atoms with E-state index in [9.17, 15) is 18.8 Å². The molecule has 154 valence electrons. The Morgan fingerprint density at radius 1 is 1.03 bits per heavy atom. The number of hydrogen-bond donors (Lipinski definition) is 2. The normalized spacial score (nSPS) is 11.2. The van der Waals surface area contributed by atoms with Crippen LogP contribution in [0.5, 0.6) is 11.5 Å². The van der Waals surface area contributed by atoms with E-state index in [0.29, 0.717) is 11.5 Å². The Morgan fingerprint density at radius 2 is 1.66 bits per heavy atom. The molecule has 2 aromatic rings. The lowest BCUT2D eigenvalue weighted by Gasteiger charge is -2.14. The second-order valence-corrected chi connectivity index (χ2v) is 5.89. The Labute approximate surface area is 166 Å². The molecule has 1 atom stereocenters. The fourth-order valence-corrected chi connectivity index (χ4v) is 2.28. The van der Waals surface area contributed by atoms with Crippen LogP contribution < -0.4 is 20.1 Å². The number of ether oxygens (including phenoxy) is 3. The van der Waals surface area contributed by atoms with Gasteiger partial charge in [0.2, 0.25) is 0 Å². The van der Waals surface area contributed by atoms with Gasteiger partial charge in [-0.1, -0.05) is 12.1 Å². The van der Waals surface area contributed by atoms with Crippen molar-refractivity contribution in [1.82, 2.24) is 5.32 Å². The highest BCUT2D eigenvalue weighted by molar-refractivity contribution is 5.97. The number of anilines is 1. The van der Waals surface area contributed by atoms with Crippen molar-refractivity contribution >= 4 is 23.5 Å². The molecule has 0 saturated carbocycles. The lowest BCUT2D eigenvalue weighted by atomic mass is 10.2. The van der Waals surface area contributed by atoms with Crippen molar-refractivity contribution in [2.75, 3.05) is 26.1 Å². The van der Waals surface area contributed by atoms with Crippen molar-refractivity contribution in [3.63, 3.8) is 0 Å². The van der Waals surface area contributed by atoms with Crippen LogP contribution in [0, 0.1) is 5.82 Å². The van der Waals surface area contributed by atoms with Gasteiger partial charge in [-0.2, -0.15) is 0 Å². The molecule has 2 amide bonds. The Hall–Kier alpha value is -3.62. The molecule has 0 bridgehead atoms. The summed E-state index contributed by atoms with van der Waals surface area (Å²) in [6.07, 6.45) is -1.18. The van der Waals surface area contributed by atoms with Gasteiger partial charge in [0.05, 0.1) is 19.9 Å². The van der Waals surface area contributed by atoms with Gasteiger partial charge in [-0.3, -0.25) is 14.4 Å². The zero-order valence-electron chi connectivity index (χ0n) is 16.2. The van der Waals surface area contributed by atoms with Crippen molar-refractivity contribution in [2.24, 2.45) is 0 Å². The number of amides is 2. The molecule has 0 heterocycles. The molecule has 2 rings (SSSR count). The first-order valence-corrected chi connectivity index (χ1v) is 8.60. The second kappa shape index (κ2) is 10.1. The van der Waals surface area contributed by atoms with E-state index in [1.807, 2.05) is 0 Å². The largest absolute Gasteiger partial charge is 0.497 e. The quantitative estimate of drug-likeness (QED) is 0.654. The second-order valence-electron chi connectivity index (χ2n) is 5.89. The van der Waals surface area contributed by atoms with Gasteiger partial charge in [0, 0.05) is 11.6 Å². The molecule has 0 unspecified atom stereocenters. The van der Waals surface area contributed by atoms with E-state index in [0.717, 1.165) is 0 Å². The average molecular weight is 404 g/mol. The van der Waals surface area contributed by atoms with Crippen molar-refractivity contribution in [2.45, 2.75) is 13.0 Å². The summed E-state index contributed by atoms with van der Waals surface area (Å²) >= 11 is 0. The van der Waals surface area contributed by atoms with E-state index in [2.05, 4.69) is 10.6 Å². The number of rotatable bonds is 8. The minimum Gasteiger partial charge on any atom is -0.497 e. The SMILES string of the molecule is COc1cc(OC)cc(C(=O)NCC(=O)O[C@@H](C)C(=O)Nc2ccccc2F)c1. The Balaban J connectivity index is 1.88. The van der Waals surface area contributed by atoms with E-state index in [1.165, 1.54) is 51.5 Å². The number of benzene rings is 2. The molecule has 0 radical (unpaired) electrons. The van der Waals surface area contributed by atoms with E-state index >= 15 is 0 Å². The number of carbonyl (C=O) groups is 3. The molecule has 9 heteroatoms. The van der Waals surface area contributed by atoms with Crippen molar-refractivity contribution in [1.29, 1.82) is 0 Å². The van der Waals surface area contributed by atoms with Crippen LogP contribution in [0.15, 0.2) is 42.5 Å². The smallest absolute Gasteiger partial charge is 0.326 e. The number of nitrogens with one attached hydrogen (secondary N) is 2. The number of methoxy groups -OCH3 is 2. The minimum absolute atomic E-state index is 0.0272. The van der Waals surface area contributed by atoms with Crippen LogP contribution in [0.25, 0.3) is 0 Å². The molecule has 0 aromatic heterocycles. The first-order chi connectivity index (χ1) is 13.8. The topological polar surface area (TPSA) is 103 Å². The summed E-state index contributed by atoms with van der Waals surface area (Å²) in [6, 6.07) is 10.2. The summed E-state index contributed by atoms with van der Waals surface area (Å²) < 4.78 is 28.7. The van der Waals surface area contributed by atoms with E-state index in [4.69, 9.17) is 14.2 Å². The third-order valence-corrected chi connectivity index (χ3v) is 3.82. The first-order valence-electron chi connectivity index (χ1n) is 8.60. The fraction of sp³-hybridized carbons (Fsp3) is 0.250. The Bertz CT molecular complexity index is 880. The molecule has 0 aliphatic carbocycles. The summed E-state index contributed by atoms with van der Waals surface area (Å²) in [5.41, 5.74) is 0.194. The van der Waals surface area contributed by atoms with Gasteiger partial charge in [0.1, 0.15) is 23.9 Å². The third kappa shape index (κ3) is 6.20. The van der Waals surface area contributed by atoms with Crippen LogP contribution in [-0.2, 0) is 14.3 Å². The predicted molar refractivity (Wildman–Crippen MR) is 102 cm³/mol. The highest BCUT2D eigenvalue weighted by Crippen LogP contribution is 2.22. The average Bonchev–Trinajstić information content (AvgIpc) is 2.72. The summed E-state index contributed by atoms with van der Waals surface area (Å²) in [5, 5.41) is 4.71. The van der Waals surface area contributed by atoms with Gasteiger partial charge >= 0.3 is 5.97 Å². The minimum atomic E-state index is -1.18. The lowest BCUT2D eigenvalue weighted by molar-refractivity contribution is -0.152. The summed E-state index contributed by atoms with van der Waals surface area (Å²) in [6.45, 7) is 0.874. The zero-order valence-corrected chi connectivity index (χ0v) is 16.2. The van der Waals surface area contributed by atoms with Crippen molar-refractivity contribution in [3.05, 3.63) is 53.8 Å². The van der Waals surface area contributed by atoms with Crippen molar-refractivity contribution < 1.29 is 33.0 Å². The molecular weight excluding hydrogens is 383 g/mol. The molecule has 0 aliphatic heterocycles. The highest BCUT2D eigenvalue weighted by atomic mass is 19.1. The van der Waals surface area contributed by atoms with Gasteiger partial charge in [0.25, 0.3) is 11.8 Å². The molecular formula is C20H21FN2O6. The summed E-state index contributed by atoms with van der Waals surface area (Å²) in [5.74, 6) is -1.87. The molecule has 0 saturated heterocycles. The van der Waals surface area contributed by atoms with E-state index < -0.39 is 36.2 Å². The predicted octanol–water partition coefficient (Wildman–Crippen LogP) is 2.14. The van der Waals surface area contributed by atoms with Gasteiger partial charge in [0.15, 0.2) is 6.10 Å². The fourth-order valence-electron chi connectivity index (χ4n) is 2.28. The Kier molecular flexibility index (Phi) is 7.53. The van der Waals surface area contributed by atoms with Gasteiger partial charge in [-0.15, -0.1) is 0 Å². The van der Waals surface area contributed by atoms with Crippen molar-refractivity contribution in [3.8, 4) is 11.5 Å². The number of hydrogen-bond acceptors (Lipinski definition) is 6. The maximum Gasteiger partial charge on any atom is 0.326 e. The third-order valence-electron chi connectivity index (χ3n) is 3.82. The number of carbonyl (C=O) groups excluding carboxylic acids is 3. The number of halogens is 1. The highest BCUT2D eigenvalue weighted by Gasteiger charge is 2.20. The number of esters is 1. The van der Waals surface area contributed by atoms with E-state index in [-0.39, 0.29) is 11.3 Å². The van der Waals surface area contributed by atoms with Crippen LogP contribution in [0.2, 0.25) is 0 Å². The van der Waals surface area contributed by atoms with E-state index in [1.54, 1.807) is 12.1 Å². The Morgan fingerprint density at radius 3 is 2.24 bits per heavy atom. The molecule has 8 nitrogen and oxygen atoms in total. The summed E-state index contributed by atoms with van der Waals surface area (Å²) in [7, 11) is 2.89. The van der Waals surface area contributed by atoms with Crippen LogP contribution in [0.4, 0.5) is 10.1 Å². The van der Waals surface area contributed by atoms with Crippen LogP contribution in [0.1, 0.15) is 17.3 Å². The van der Waals surface area contributed by atoms with Crippen LogP contribution in [-0.4, -0.2) is 44.7 Å². The molecule has 0 spiro atoms. The maximum absolute atomic E-state index is 13.6. The summed E-state index contributed by atoms with van der Waals surface area (Å²) in [4.78, 5) is 36.2. The standard InChI is InChI=1S/C20H21FN2O6/c1-12(19(25)23-17-7-5-4-6-16(17)21)29-18(24)11-22-20(26)13-8-14(27-2)10-15(9-13)28-3/h4-10,12H,11H2,1-3H3,(H,22,26)(H,23,25)/t12-/m0/s1. The number of para-hydroxylation sites is 1. The van der Waals surface area contributed by atoms with Gasteiger partial charge < -0.3 is 24.8 Å². The monoisotopic (exact) mass is 404 g/mol. The molecule has 2 N–H and O–H groups in total. The van der Waals surface area contributed by atoms with Crippen LogP contribution >= 0.6 is 0 Å². The molecule has 0 aliphatic rings. The lowest BCUT2D eigenvalue weighted by Crippen LogP contribution is -2.36. The van der Waals surface area contributed by atoms with Crippen LogP contribution in [0.3, 0.4) is 0 Å². The van der Waals surface area contributed by atoms with Gasteiger partial charge in [-0.25, -0.2) is 4.39 Å². The van der Waals surface area contributed by atoms with Gasteiger partial charge in [-0.05, 0) is 31.2 Å². The molecule has 2 aromatic carbocycles.